The highest BCUT2D eigenvalue weighted by atomic mass is 32.2. The van der Waals surface area contributed by atoms with E-state index >= 15 is 0 Å². The number of sulfonamides is 1. The van der Waals surface area contributed by atoms with Crippen molar-refractivity contribution in [1.29, 1.82) is 0 Å². The van der Waals surface area contributed by atoms with Crippen molar-refractivity contribution in [3.63, 3.8) is 0 Å². The number of thiazole rings is 1. The van der Waals surface area contributed by atoms with E-state index in [9.17, 15) is 13.2 Å². The Morgan fingerprint density at radius 3 is 2.63 bits per heavy atom. The van der Waals surface area contributed by atoms with Crippen molar-refractivity contribution in [2.45, 2.75) is 31.2 Å². The molecule has 0 unspecified atom stereocenters. The SMILES string of the molecule is C=CCn1c(=NC(=O)c2ccc(S(=O)(=O)N3CCc4ccccc43)cc2)sc2cc(CC)ccc21. The summed E-state index contributed by atoms with van der Waals surface area (Å²) in [6.45, 7) is 6.88. The molecule has 0 saturated carbocycles. The van der Waals surface area contributed by atoms with E-state index in [0.717, 1.165) is 22.2 Å². The lowest BCUT2D eigenvalue weighted by Crippen LogP contribution is -2.29. The molecular weight excluding hydrogens is 478 g/mol. The Morgan fingerprint density at radius 1 is 1.11 bits per heavy atom. The quantitative estimate of drug-likeness (QED) is 0.350. The summed E-state index contributed by atoms with van der Waals surface area (Å²) in [4.78, 5) is 18.1. The average Bonchev–Trinajstić information content (AvgIpc) is 3.46. The summed E-state index contributed by atoms with van der Waals surface area (Å²) in [5.41, 5.74) is 4.29. The molecule has 4 aromatic rings. The van der Waals surface area contributed by atoms with Crippen LogP contribution in [0.4, 0.5) is 5.69 Å². The first-order chi connectivity index (χ1) is 16.9. The van der Waals surface area contributed by atoms with Crippen LogP contribution in [-0.4, -0.2) is 25.4 Å². The number of anilines is 1. The predicted octanol–water partition coefficient (Wildman–Crippen LogP) is 4.94. The highest BCUT2D eigenvalue weighted by molar-refractivity contribution is 7.92. The van der Waals surface area contributed by atoms with Gasteiger partial charge in [-0.25, -0.2) is 8.42 Å². The van der Waals surface area contributed by atoms with Gasteiger partial charge in [0, 0.05) is 18.7 Å². The van der Waals surface area contributed by atoms with Crippen molar-refractivity contribution in [3.8, 4) is 0 Å². The van der Waals surface area contributed by atoms with Gasteiger partial charge in [0.15, 0.2) is 4.80 Å². The molecular formula is C27H25N3O3S2. The maximum atomic E-state index is 13.2. The molecule has 1 amide bonds. The second kappa shape index (κ2) is 9.28. The zero-order valence-corrected chi connectivity index (χ0v) is 21.0. The lowest BCUT2D eigenvalue weighted by atomic mass is 10.2. The number of aryl methyl sites for hydroxylation is 1. The summed E-state index contributed by atoms with van der Waals surface area (Å²) in [5, 5.41) is 0. The summed E-state index contributed by atoms with van der Waals surface area (Å²) in [5.74, 6) is -0.416. The van der Waals surface area contributed by atoms with Crippen LogP contribution < -0.4 is 9.11 Å². The van der Waals surface area contributed by atoms with Crippen molar-refractivity contribution in [1.82, 2.24) is 4.57 Å². The zero-order chi connectivity index (χ0) is 24.6. The maximum Gasteiger partial charge on any atom is 0.279 e. The Hall–Kier alpha value is -3.49. The smallest absolute Gasteiger partial charge is 0.279 e. The number of nitrogens with zero attached hydrogens (tertiary/aromatic N) is 3. The van der Waals surface area contributed by atoms with E-state index in [1.54, 1.807) is 6.08 Å². The first kappa shape index (κ1) is 23.3. The summed E-state index contributed by atoms with van der Waals surface area (Å²) in [6, 6.07) is 19.8. The van der Waals surface area contributed by atoms with E-state index in [1.807, 2.05) is 34.9 Å². The minimum atomic E-state index is -3.71. The highest BCUT2D eigenvalue weighted by Gasteiger charge is 2.30. The molecule has 1 aliphatic rings. The highest BCUT2D eigenvalue weighted by Crippen LogP contribution is 2.32. The summed E-state index contributed by atoms with van der Waals surface area (Å²) >= 11 is 1.46. The predicted molar refractivity (Wildman–Crippen MR) is 140 cm³/mol. The number of amides is 1. The van der Waals surface area contributed by atoms with Crippen LogP contribution in [0.25, 0.3) is 10.2 Å². The molecule has 0 atom stereocenters. The molecule has 0 spiro atoms. The van der Waals surface area contributed by atoms with Gasteiger partial charge in [-0.05, 0) is 66.4 Å². The zero-order valence-electron chi connectivity index (χ0n) is 19.3. The number of aromatic nitrogens is 1. The van der Waals surface area contributed by atoms with Gasteiger partial charge in [0.2, 0.25) is 0 Å². The molecule has 178 valence electrons. The third-order valence-electron chi connectivity index (χ3n) is 6.20. The van der Waals surface area contributed by atoms with Gasteiger partial charge in [0.1, 0.15) is 0 Å². The number of benzene rings is 3. The van der Waals surface area contributed by atoms with Crippen LogP contribution in [0.5, 0.6) is 0 Å². The number of rotatable bonds is 6. The van der Waals surface area contributed by atoms with Gasteiger partial charge in [-0.15, -0.1) is 6.58 Å². The van der Waals surface area contributed by atoms with Gasteiger partial charge in [-0.3, -0.25) is 9.10 Å². The van der Waals surface area contributed by atoms with E-state index in [2.05, 4.69) is 30.6 Å². The normalized spacial score (nSPS) is 13.9. The number of carbonyl (C=O) groups is 1. The van der Waals surface area contributed by atoms with E-state index in [1.165, 1.54) is 45.5 Å². The Kier molecular flexibility index (Phi) is 6.17. The molecule has 1 aliphatic heterocycles. The van der Waals surface area contributed by atoms with Crippen molar-refractivity contribution >= 4 is 43.2 Å². The topological polar surface area (TPSA) is 71.7 Å². The third kappa shape index (κ3) is 4.24. The van der Waals surface area contributed by atoms with Crippen LogP contribution in [0.2, 0.25) is 0 Å². The van der Waals surface area contributed by atoms with Crippen LogP contribution >= 0.6 is 11.3 Å². The van der Waals surface area contributed by atoms with E-state index < -0.39 is 15.9 Å². The minimum Gasteiger partial charge on any atom is -0.312 e. The number of carbonyl (C=O) groups excluding carboxylic acids is 1. The van der Waals surface area contributed by atoms with Crippen LogP contribution in [-0.2, 0) is 29.4 Å². The minimum absolute atomic E-state index is 0.154. The lowest BCUT2D eigenvalue weighted by molar-refractivity contribution is 0.0998. The molecule has 0 saturated heterocycles. The van der Waals surface area contributed by atoms with Crippen LogP contribution in [0.1, 0.15) is 28.4 Å². The number of fused-ring (bicyclic) bond motifs is 2. The maximum absolute atomic E-state index is 13.2. The van der Waals surface area contributed by atoms with Crippen LogP contribution in [0.3, 0.4) is 0 Å². The standard InChI is InChI=1S/C27H25N3O3S2/c1-3-16-29-24-14-9-19(4-2)18-25(24)34-27(29)28-26(31)21-10-12-22(13-11-21)35(32,33)30-17-15-20-7-5-6-8-23(20)30/h3,5-14,18H,1,4,15-17H2,2H3. The molecule has 0 N–H and O–H groups in total. The average molecular weight is 504 g/mol. The first-order valence-corrected chi connectivity index (χ1v) is 13.7. The first-order valence-electron chi connectivity index (χ1n) is 11.5. The van der Waals surface area contributed by atoms with Crippen molar-refractivity contribution < 1.29 is 13.2 Å². The summed E-state index contributed by atoms with van der Waals surface area (Å²) in [7, 11) is -3.71. The Bertz CT molecular complexity index is 1610. The van der Waals surface area contributed by atoms with Gasteiger partial charge < -0.3 is 4.57 Å². The second-order valence-corrected chi connectivity index (χ2v) is 11.2. The largest absolute Gasteiger partial charge is 0.312 e. The molecule has 0 bridgehead atoms. The van der Waals surface area contributed by atoms with Gasteiger partial charge >= 0.3 is 0 Å². The van der Waals surface area contributed by atoms with Gasteiger partial charge in [-0.1, -0.05) is 48.6 Å². The molecule has 8 heteroatoms. The number of para-hydroxylation sites is 1. The number of hydrogen-bond acceptors (Lipinski definition) is 4. The molecule has 0 aliphatic carbocycles. The van der Waals surface area contributed by atoms with Gasteiger partial charge in [-0.2, -0.15) is 4.99 Å². The fourth-order valence-corrected chi connectivity index (χ4v) is 6.94. The summed E-state index contributed by atoms with van der Waals surface area (Å²) < 4.78 is 30.9. The molecule has 35 heavy (non-hydrogen) atoms. The molecule has 0 radical (unpaired) electrons. The molecule has 0 fully saturated rings. The van der Waals surface area contributed by atoms with Crippen molar-refractivity contribution in [3.05, 3.63) is 101 Å². The molecule has 1 aromatic heterocycles. The number of allylic oxidation sites excluding steroid dienone is 1. The second-order valence-electron chi connectivity index (χ2n) is 8.34. The van der Waals surface area contributed by atoms with E-state index in [0.29, 0.717) is 35.6 Å². The third-order valence-corrected chi connectivity index (χ3v) is 9.07. The molecule has 2 heterocycles. The van der Waals surface area contributed by atoms with E-state index in [-0.39, 0.29) is 4.90 Å². The Morgan fingerprint density at radius 2 is 1.89 bits per heavy atom. The molecule has 5 rings (SSSR count). The van der Waals surface area contributed by atoms with E-state index in [4.69, 9.17) is 0 Å². The summed E-state index contributed by atoms with van der Waals surface area (Å²) in [6.07, 6.45) is 3.39. The van der Waals surface area contributed by atoms with Crippen LogP contribution in [0.15, 0.2) is 89.3 Å². The fraction of sp³-hybridized carbons (Fsp3) is 0.185. The Labute approximate surface area is 208 Å². The van der Waals surface area contributed by atoms with Gasteiger partial charge in [0.25, 0.3) is 15.9 Å². The Balaban J connectivity index is 1.46. The molecule has 6 nitrogen and oxygen atoms in total. The lowest BCUT2D eigenvalue weighted by Gasteiger charge is -2.19. The van der Waals surface area contributed by atoms with Gasteiger partial charge in [0.05, 0.1) is 20.8 Å². The fourth-order valence-electron chi connectivity index (χ4n) is 4.33. The van der Waals surface area contributed by atoms with Crippen molar-refractivity contribution in [2.75, 3.05) is 10.8 Å². The number of hydrogen-bond donors (Lipinski definition) is 0. The monoisotopic (exact) mass is 503 g/mol. The molecule has 3 aromatic carbocycles. The van der Waals surface area contributed by atoms with Crippen molar-refractivity contribution in [2.24, 2.45) is 4.99 Å². The van der Waals surface area contributed by atoms with Crippen LogP contribution in [0, 0.1) is 0 Å².